The van der Waals surface area contributed by atoms with Crippen molar-refractivity contribution >= 4 is 22.8 Å². The minimum atomic E-state index is -0.531. The van der Waals surface area contributed by atoms with E-state index in [1.807, 2.05) is 0 Å². The summed E-state index contributed by atoms with van der Waals surface area (Å²) in [5.41, 5.74) is 2.16. The van der Waals surface area contributed by atoms with Crippen molar-refractivity contribution in [2.24, 2.45) is 0 Å². The Morgan fingerprint density at radius 1 is 1.21 bits per heavy atom. The number of hydrogen-bond acceptors (Lipinski definition) is 5. The van der Waals surface area contributed by atoms with Crippen molar-refractivity contribution < 1.29 is 13.9 Å². The highest BCUT2D eigenvalue weighted by atomic mass is 35.5. The van der Waals surface area contributed by atoms with Crippen LogP contribution in [-0.2, 0) is 11.3 Å². The number of ether oxygens (including phenoxy) is 2. The molecule has 0 saturated carbocycles. The molecule has 2 aromatic heterocycles. The minimum absolute atomic E-state index is 0.0614. The van der Waals surface area contributed by atoms with Crippen LogP contribution in [0.4, 0.5) is 4.39 Å². The van der Waals surface area contributed by atoms with Crippen molar-refractivity contribution in [3.63, 3.8) is 0 Å². The number of halogens is 2. The maximum atomic E-state index is 14.3. The Morgan fingerprint density at radius 3 is 2.71 bits per heavy atom. The molecule has 3 aromatic rings. The summed E-state index contributed by atoms with van der Waals surface area (Å²) in [5.74, 6) is -0.470. The fraction of sp³-hybridized carbons (Fsp3) is 0.350. The number of benzene rings is 1. The van der Waals surface area contributed by atoms with Crippen LogP contribution in [0.5, 0.6) is 5.75 Å². The van der Waals surface area contributed by atoms with Gasteiger partial charge in [0.15, 0.2) is 17.2 Å². The van der Waals surface area contributed by atoms with Gasteiger partial charge in [0, 0.05) is 43.7 Å². The first kappa shape index (κ1) is 20.2. The molecule has 0 saturated heterocycles. The van der Waals surface area contributed by atoms with E-state index < -0.39 is 5.82 Å². The molecule has 148 valence electrons. The Balaban J connectivity index is 2.17. The molecule has 6 nitrogen and oxygen atoms in total. The zero-order valence-electron chi connectivity index (χ0n) is 16.0. The summed E-state index contributed by atoms with van der Waals surface area (Å²) >= 11 is 6.37. The van der Waals surface area contributed by atoms with E-state index in [1.54, 1.807) is 30.9 Å². The summed E-state index contributed by atoms with van der Waals surface area (Å²) in [4.78, 5) is 21.4. The number of nitrogens with zero attached hydrogens (tertiary/aromatic N) is 3. The predicted octanol–water partition coefficient (Wildman–Crippen LogP) is 3.99. The number of unbranched alkanes of at least 4 members (excludes halogenated alkanes) is 1. The number of rotatable bonds is 7. The first-order valence-corrected chi connectivity index (χ1v) is 9.24. The first-order chi connectivity index (χ1) is 13.5. The van der Waals surface area contributed by atoms with E-state index in [1.165, 1.54) is 19.2 Å². The maximum Gasteiger partial charge on any atom is 0.273 e. The summed E-state index contributed by atoms with van der Waals surface area (Å²) in [6, 6.07) is 4.44. The van der Waals surface area contributed by atoms with Gasteiger partial charge in [0.2, 0.25) is 0 Å². The van der Waals surface area contributed by atoms with Gasteiger partial charge in [-0.25, -0.2) is 14.4 Å². The zero-order chi connectivity index (χ0) is 20.3. The van der Waals surface area contributed by atoms with Crippen molar-refractivity contribution in [3.8, 4) is 16.9 Å². The first-order valence-electron chi connectivity index (χ1n) is 8.86. The number of hydrogen-bond donors (Lipinski definition) is 0. The summed E-state index contributed by atoms with van der Waals surface area (Å²) in [6.45, 7) is 2.76. The molecule has 0 aliphatic heterocycles. The van der Waals surface area contributed by atoms with Crippen LogP contribution in [0, 0.1) is 12.7 Å². The van der Waals surface area contributed by atoms with E-state index in [0.717, 1.165) is 12.8 Å². The molecule has 0 unspecified atom stereocenters. The molecule has 0 bridgehead atoms. The van der Waals surface area contributed by atoms with E-state index in [0.29, 0.717) is 46.2 Å². The van der Waals surface area contributed by atoms with E-state index in [-0.39, 0.29) is 11.3 Å². The third kappa shape index (κ3) is 3.86. The number of fused-ring (bicyclic) bond motifs is 1. The van der Waals surface area contributed by atoms with Crippen LogP contribution in [0.1, 0.15) is 18.5 Å². The van der Waals surface area contributed by atoms with Crippen molar-refractivity contribution in [1.82, 2.24) is 14.5 Å². The molecule has 0 N–H and O–H groups in total. The summed E-state index contributed by atoms with van der Waals surface area (Å²) in [5, 5.41) is 0.322. The fourth-order valence-electron chi connectivity index (χ4n) is 3.09. The molecule has 0 radical (unpaired) electrons. The van der Waals surface area contributed by atoms with E-state index >= 15 is 0 Å². The summed E-state index contributed by atoms with van der Waals surface area (Å²) < 4.78 is 25.9. The average molecular weight is 406 g/mol. The van der Waals surface area contributed by atoms with E-state index in [4.69, 9.17) is 21.1 Å². The van der Waals surface area contributed by atoms with Gasteiger partial charge in [0.1, 0.15) is 11.2 Å². The third-order valence-corrected chi connectivity index (χ3v) is 4.82. The lowest BCUT2D eigenvalue weighted by Gasteiger charge is -2.14. The molecule has 0 fully saturated rings. The monoisotopic (exact) mass is 405 g/mol. The second kappa shape index (κ2) is 8.67. The summed E-state index contributed by atoms with van der Waals surface area (Å²) in [6.07, 6.45) is 3.15. The van der Waals surface area contributed by atoms with Gasteiger partial charge >= 0.3 is 0 Å². The Morgan fingerprint density at radius 2 is 2.00 bits per heavy atom. The lowest BCUT2D eigenvalue weighted by atomic mass is 10.0. The average Bonchev–Trinajstić information content (AvgIpc) is 2.69. The molecular formula is C20H21ClFN3O3. The molecule has 8 heteroatoms. The third-order valence-electron chi connectivity index (χ3n) is 4.51. The van der Waals surface area contributed by atoms with Crippen LogP contribution in [0.15, 0.2) is 29.2 Å². The lowest BCUT2D eigenvalue weighted by Crippen LogP contribution is -2.25. The second-order valence-electron chi connectivity index (χ2n) is 6.35. The molecule has 28 heavy (non-hydrogen) atoms. The van der Waals surface area contributed by atoms with Gasteiger partial charge < -0.3 is 9.47 Å². The molecule has 3 rings (SSSR count). The van der Waals surface area contributed by atoms with E-state index in [9.17, 15) is 9.18 Å². The SMILES string of the molecule is COCCCCn1c(=O)c(C)nc2c(-c3cc(F)c(OC)cc3Cl)ccnc21. The van der Waals surface area contributed by atoms with Crippen molar-refractivity contribution in [2.45, 2.75) is 26.3 Å². The standard InChI is InChI=1S/C20H21ClFN3O3/c1-12-20(26)25(8-4-5-9-27-2)19-18(24-12)13(6-7-23-19)14-10-16(22)17(28-3)11-15(14)21/h6-7,10-11H,4-5,8-9H2,1-3H3. The Bertz CT molecular complexity index is 1070. The zero-order valence-corrected chi connectivity index (χ0v) is 16.7. The van der Waals surface area contributed by atoms with Gasteiger partial charge in [-0.3, -0.25) is 9.36 Å². The topological polar surface area (TPSA) is 66.2 Å². The van der Waals surface area contributed by atoms with Gasteiger partial charge in [-0.05, 0) is 31.9 Å². The maximum absolute atomic E-state index is 14.3. The number of methoxy groups -OCH3 is 2. The van der Waals surface area contributed by atoms with E-state index in [2.05, 4.69) is 9.97 Å². The van der Waals surface area contributed by atoms with Crippen LogP contribution in [0.3, 0.4) is 0 Å². The fourth-order valence-corrected chi connectivity index (χ4v) is 3.35. The quantitative estimate of drug-likeness (QED) is 0.556. The van der Waals surface area contributed by atoms with Crippen LogP contribution in [0.25, 0.3) is 22.3 Å². The Kier molecular flexibility index (Phi) is 6.26. The predicted molar refractivity (Wildman–Crippen MR) is 107 cm³/mol. The summed E-state index contributed by atoms with van der Waals surface area (Å²) in [7, 11) is 3.02. The van der Waals surface area contributed by atoms with Gasteiger partial charge in [0.25, 0.3) is 5.56 Å². The van der Waals surface area contributed by atoms with Crippen LogP contribution < -0.4 is 10.3 Å². The van der Waals surface area contributed by atoms with Crippen molar-refractivity contribution in [3.05, 3.63) is 51.3 Å². The van der Waals surface area contributed by atoms with Crippen molar-refractivity contribution in [2.75, 3.05) is 20.8 Å². The van der Waals surface area contributed by atoms with Gasteiger partial charge in [0.05, 0.1) is 12.1 Å². The lowest BCUT2D eigenvalue weighted by molar-refractivity contribution is 0.191. The molecular weight excluding hydrogens is 385 g/mol. The highest BCUT2D eigenvalue weighted by Crippen LogP contribution is 2.35. The van der Waals surface area contributed by atoms with Gasteiger partial charge in [-0.15, -0.1) is 0 Å². The molecule has 0 aliphatic carbocycles. The smallest absolute Gasteiger partial charge is 0.273 e. The Labute approximate surface area is 166 Å². The molecule has 0 atom stereocenters. The molecule has 2 heterocycles. The van der Waals surface area contributed by atoms with Crippen LogP contribution in [-0.4, -0.2) is 35.4 Å². The second-order valence-corrected chi connectivity index (χ2v) is 6.76. The normalized spacial score (nSPS) is 11.2. The molecule has 0 amide bonds. The largest absolute Gasteiger partial charge is 0.494 e. The number of pyridine rings is 1. The van der Waals surface area contributed by atoms with Crippen LogP contribution >= 0.6 is 11.6 Å². The number of aryl methyl sites for hydroxylation is 2. The highest BCUT2D eigenvalue weighted by Gasteiger charge is 2.17. The molecule has 0 spiro atoms. The highest BCUT2D eigenvalue weighted by molar-refractivity contribution is 6.33. The van der Waals surface area contributed by atoms with Crippen LogP contribution in [0.2, 0.25) is 5.02 Å². The minimum Gasteiger partial charge on any atom is -0.494 e. The molecule has 1 aromatic carbocycles. The van der Waals surface area contributed by atoms with Gasteiger partial charge in [-0.1, -0.05) is 11.6 Å². The Hall–Kier alpha value is -2.51. The number of aromatic nitrogens is 3. The van der Waals surface area contributed by atoms with Crippen molar-refractivity contribution in [1.29, 1.82) is 0 Å². The van der Waals surface area contributed by atoms with Gasteiger partial charge in [-0.2, -0.15) is 0 Å². The molecule has 0 aliphatic rings.